The highest BCUT2D eigenvalue weighted by Crippen LogP contribution is 2.40. The number of carbonyl (C=O) groups excluding carboxylic acids is 2. The maximum absolute atomic E-state index is 12.7. The van der Waals surface area contributed by atoms with E-state index in [1.807, 2.05) is 13.1 Å². The van der Waals surface area contributed by atoms with Crippen molar-refractivity contribution in [1.82, 2.24) is 0 Å². The fraction of sp³-hybridized carbons (Fsp3) is 0.750. The highest BCUT2D eigenvalue weighted by Gasteiger charge is 2.52. The molecule has 0 saturated carbocycles. The number of Topliss-reactive ketones (excluding diaryl/α,β-unsaturated/α-hetero) is 1. The zero-order valence-corrected chi connectivity index (χ0v) is 17.2. The Morgan fingerprint density at radius 2 is 2.00 bits per heavy atom. The van der Waals surface area contributed by atoms with Crippen molar-refractivity contribution >= 4 is 20.1 Å². The highest BCUT2D eigenvalue weighted by atomic mass is 28.4. The Balaban J connectivity index is 2.24. The van der Waals surface area contributed by atoms with Crippen LogP contribution in [0.3, 0.4) is 0 Å². The Morgan fingerprint density at radius 1 is 1.38 bits per heavy atom. The Morgan fingerprint density at radius 3 is 2.54 bits per heavy atom. The highest BCUT2D eigenvalue weighted by molar-refractivity contribution is 6.74. The molecule has 0 aromatic carbocycles. The van der Waals surface area contributed by atoms with E-state index in [1.165, 1.54) is 0 Å². The predicted molar refractivity (Wildman–Crippen MR) is 94.2 cm³/mol. The first-order chi connectivity index (χ1) is 11.8. The molecule has 0 bridgehead atoms. The molecule has 1 saturated heterocycles. The molecule has 0 amide bonds. The molecule has 9 nitrogen and oxygen atoms in total. The van der Waals surface area contributed by atoms with Gasteiger partial charge < -0.3 is 18.6 Å². The lowest BCUT2D eigenvalue weighted by molar-refractivity contribution is -0.172. The maximum Gasteiger partial charge on any atom is 0.344 e. The van der Waals surface area contributed by atoms with Crippen LogP contribution in [0, 0.1) is 0 Å². The number of nitrogens with zero attached hydrogens (tertiary/aromatic N) is 3. The molecule has 1 fully saturated rings. The first kappa shape index (κ1) is 20.4. The molecule has 26 heavy (non-hydrogen) atoms. The van der Waals surface area contributed by atoms with E-state index in [0.29, 0.717) is 0 Å². The number of hydrogen-bond donors (Lipinski definition) is 0. The van der Waals surface area contributed by atoms with Crippen LogP contribution in [0.5, 0.6) is 0 Å². The molecule has 0 aliphatic carbocycles. The van der Waals surface area contributed by atoms with Crippen LogP contribution in [0.15, 0.2) is 16.6 Å². The van der Waals surface area contributed by atoms with Gasteiger partial charge >= 0.3 is 5.97 Å². The van der Waals surface area contributed by atoms with E-state index in [2.05, 4.69) is 30.8 Å². The third-order valence-electron chi connectivity index (χ3n) is 4.80. The van der Waals surface area contributed by atoms with Crippen LogP contribution in [-0.2, 0) is 28.2 Å². The summed E-state index contributed by atoms with van der Waals surface area (Å²) in [7, 11) is -2.15. The van der Waals surface area contributed by atoms with E-state index in [0.717, 1.165) is 0 Å². The number of hydrogen-bond acceptors (Lipinski definition) is 7. The van der Waals surface area contributed by atoms with Gasteiger partial charge in [-0.05, 0) is 28.8 Å². The lowest BCUT2D eigenvalue weighted by atomic mass is 10.0. The number of ketones is 1. The van der Waals surface area contributed by atoms with E-state index in [9.17, 15) is 9.59 Å². The third-order valence-corrected chi connectivity index (χ3v) is 9.28. The van der Waals surface area contributed by atoms with Gasteiger partial charge in [-0.1, -0.05) is 20.8 Å². The molecule has 2 atom stereocenters. The Labute approximate surface area is 153 Å². The van der Waals surface area contributed by atoms with Crippen molar-refractivity contribution in [3.05, 3.63) is 21.9 Å². The van der Waals surface area contributed by atoms with Crippen molar-refractivity contribution in [2.45, 2.75) is 70.7 Å². The van der Waals surface area contributed by atoms with E-state index in [4.69, 9.17) is 24.2 Å². The van der Waals surface area contributed by atoms with E-state index >= 15 is 0 Å². The zero-order valence-electron chi connectivity index (χ0n) is 16.2. The van der Waals surface area contributed by atoms with Gasteiger partial charge in [0.2, 0.25) is 11.6 Å². The first-order valence-electron chi connectivity index (χ1n) is 8.33. The summed E-state index contributed by atoms with van der Waals surface area (Å²) in [6, 6.07) is 0. The minimum absolute atomic E-state index is 0.0229. The van der Waals surface area contributed by atoms with Crippen LogP contribution in [0.1, 0.15) is 34.6 Å². The van der Waals surface area contributed by atoms with Crippen LogP contribution >= 0.6 is 0 Å². The van der Waals surface area contributed by atoms with Gasteiger partial charge in [0.25, 0.3) is 0 Å². The van der Waals surface area contributed by atoms with Gasteiger partial charge in [0.1, 0.15) is 0 Å². The van der Waals surface area contributed by atoms with Crippen molar-refractivity contribution in [1.29, 1.82) is 0 Å². The summed E-state index contributed by atoms with van der Waals surface area (Å²) in [4.78, 5) is 27.5. The number of carbonyl (C=O) groups is 2. The van der Waals surface area contributed by atoms with Crippen molar-refractivity contribution < 1.29 is 28.2 Å². The van der Waals surface area contributed by atoms with Crippen LogP contribution in [0.2, 0.25) is 18.1 Å². The second-order valence-electron chi connectivity index (χ2n) is 8.28. The van der Waals surface area contributed by atoms with Gasteiger partial charge in [-0.25, -0.2) is 4.79 Å². The fourth-order valence-corrected chi connectivity index (χ4v) is 3.28. The largest absolute Gasteiger partial charge is 0.464 e. The van der Waals surface area contributed by atoms with Gasteiger partial charge in [-0.15, -0.1) is 0 Å². The quantitative estimate of drug-likeness (QED) is 0.236. The SMILES string of the molecule is CC1(C)OC2=C(N=[N+]=[N-])C(=O)OC(C(=O)CO[Si](C)(C)C(C)(C)C)C2O1. The minimum Gasteiger partial charge on any atom is -0.464 e. The molecule has 0 N–H and O–H groups in total. The molecule has 2 aliphatic heterocycles. The molecular weight excluding hydrogens is 358 g/mol. The molecule has 0 radical (unpaired) electrons. The smallest absolute Gasteiger partial charge is 0.344 e. The lowest BCUT2D eigenvalue weighted by Crippen LogP contribution is -2.48. The number of azide groups is 1. The van der Waals surface area contributed by atoms with Crippen molar-refractivity contribution in [2.75, 3.05) is 6.61 Å². The maximum atomic E-state index is 12.7. The monoisotopic (exact) mass is 383 g/mol. The number of ether oxygens (including phenoxy) is 3. The summed E-state index contributed by atoms with van der Waals surface area (Å²) in [5.74, 6) is -2.40. The average Bonchev–Trinajstić information content (AvgIpc) is 2.81. The number of rotatable bonds is 5. The summed E-state index contributed by atoms with van der Waals surface area (Å²) < 4.78 is 22.4. The zero-order chi connectivity index (χ0) is 19.9. The van der Waals surface area contributed by atoms with Crippen LogP contribution in [0.25, 0.3) is 10.4 Å². The molecule has 2 rings (SSSR count). The molecule has 2 unspecified atom stereocenters. The summed E-state index contributed by atoms with van der Waals surface area (Å²) in [6.07, 6.45) is -2.17. The van der Waals surface area contributed by atoms with Gasteiger partial charge in [0.05, 0.1) is 6.61 Å². The lowest BCUT2D eigenvalue weighted by Gasteiger charge is -2.36. The molecule has 2 aliphatic rings. The van der Waals surface area contributed by atoms with Crippen LogP contribution in [0.4, 0.5) is 0 Å². The second kappa shape index (κ2) is 6.69. The number of esters is 1. The van der Waals surface area contributed by atoms with E-state index in [1.54, 1.807) is 13.8 Å². The first-order valence-corrected chi connectivity index (χ1v) is 11.2. The Kier molecular flexibility index (Phi) is 5.26. The molecule has 0 aromatic heterocycles. The minimum atomic E-state index is -2.15. The summed E-state index contributed by atoms with van der Waals surface area (Å²) in [5.41, 5.74) is 8.33. The average molecular weight is 383 g/mol. The molecule has 10 heteroatoms. The molecule has 144 valence electrons. The fourth-order valence-electron chi connectivity index (χ4n) is 2.34. The second-order valence-corrected chi connectivity index (χ2v) is 13.1. The van der Waals surface area contributed by atoms with Crippen molar-refractivity contribution in [3.8, 4) is 0 Å². The van der Waals surface area contributed by atoms with Crippen LogP contribution < -0.4 is 0 Å². The topological polar surface area (TPSA) is 120 Å². The summed E-state index contributed by atoms with van der Waals surface area (Å²) >= 11 is 0. The van der Waals surface area contributed by atoms with Crippen molar-refractivity contribution in [2.24, 2.45) is 5.11 Å². The van der Waals surface area contributed by atoms with Crippen molar-refractivity contribution in [3.63, 3.8) is 0 Å². The molecule has 0 aromatic rings. The number of cyclic esters (lactones) is 1. The number of fused-ring (bicyclic) bond motifs is 1. The van der Waals surface area contributed by atoms with Gasteiger partial charge in [-0.3, -0.25) is 4.79 Å². The predicted octanol–water partition coefficient (Wildman–Crippen LogP) is 3.18. The molecule has 0 spiro atoms. The standard InChI is InChI=1S/C16H25N3O6Si/c1-15(2,3)26(6,7)22-8-9(20)11-13-12(24-16(4,5)25-13)10(18-19-17)14(21)23-11/h11,13H,8H2,1-7H3. The van der Waals surface area contributed by atoms with Gasteiger partial charge in [-0.2, -0.15) is 0 Å². The van der Waals surface area contributed by atoms with Crippen LogP contribution in [-0.4, -0.2) is 44.7 Å². The summed E-state index contributed by atoms with van der Waals surface area (Å²) in [6.45, 7) is 13.3. The van der Waals surface area contributed by atoms with E-state index < -0.39 is 38.1 Å². The molecule has 2 heterocycles. The Hall–Kier alpha value is -1.87. The van der Waals surface area contributed by atoms with Gasteiger partial charge in [0.15, 0.2) is 32.0 Å². The Bertz CT molecular complexity index is 703. The summed E-state index contributed by atoms with van der Waals surface area (Å²) in [5, 5.41) is 3.26. The van der Waals surface area contributed by atoms with Gasteiger partial charge in [0, 0.05) is 18.8 Å². The normalized spacial score (nSPS) is 25.1. The molecular formula is C16H25N3O6Si. The van der Waals surface area contributed by atoms with E-state index in [-0.39, 0.29) is 23.1 Å². The third kappa shape index (κ3) is 3.93.